The van der Waals surface area contributed by atoms with Gasteiger partial charge in [-0.05, 0) is 139 Å². The number of amides is 3. The quantitative estimate of drug-likeness (QED) is 0.0426. The number of carbonyl (C=O) groups excluding carboxylic acids is 3. The van der Waals surface area contributed by atoms with Gasteiger partial charge in [-0.15, -0.1) is 11.3 Å². The summed E-state index contributed by atoms with van der Waals surface area (Å²) in [6.07, 6.45) is 21.9. The van der Waals surface area contributed by atoms with Gasteiger partial charge in [0.05, 0.1) is 184 Å². The highest BCUT2D eigenvalue weighted by Gasteiger charge is 2.36. The number of hydrogen-bond donors (Lipinski definition) is 1. The van der Waals surface area contributed by atoms with Crippen molar-refractivity contribution in [2.75, 3.05) is 89.5 Å². The van der Waals surface area contributed by atoms with Gasteiger partial charge < -0.3 is 58.1 Å². The highest BCUT2D eigenvalue weighted by molar-refractivity contribution is 7.09. The second-order valence-electron chi connectivity index (χ2n) is 34.2. The third-order valence-corrected chi connectivity index (χ3v) is 25.5. The van der Waals surface area contributed by atoms with Gasteiger partial charge in [0.1, 0.15) is 40.2 Å². The summed E-state index contributed by atoms with van der Waals surface area (Å²) in [5.41, 5.74) is 26.3. The summed E-state index contributed by atoms with van der Waals surface area (Å²) < 4.78 is 45.8. The number of rotatable bonds is 29. The molecule has 21 rings (SSSR count). The minimum Gasteiger partial charge on any atom is -0.497 e. The van der Waals surface area contributed by atoms with Gasteiger partial charge in [0.25, 0.3) is 17.7 Å². The molecule has 20 aromatic rings. The van der Waals surface area contributed by atoms with Crippen LogP contribution in [0.15, 0.2) is 310 Å². The number of nitrogens with zero attached hydrogens (tertiary/aromatic N) is 21. The van der Waals surface area contributed by atoms with Gasteiger partial charge in [-0.3, -0.25) is 57.9 Å². The van der Waals surface area contributed by atoms with E-state index in [0.717, 1.165) is 147 Å². The topological polar surface area (TPSA) is 318 Å². The van der Waals surface area contributed by atoms with Crippen LogP contribution in [0.1, 0.15) is 58.2 Å². The predicted octanol–water partition coefficient (Wildman–Crippen LogP) is 20.7. The fourth-order valence-electron chi connectivity index (χ4n) is 16.9. The minimum atomic E-state index is -0.335. The monoisotopic (exact) mass is 1950 g/mol. The molecule has 0 spiro atoms. The molecule has 0 bridgehead atoms. The highest BCUT2D eigenvalue weighted by Crippen LogP contribution is 2.42. The van der Waals surface area contributed by atoms with E-state index in [1.54, 1.807) is 172 Å². The minimum absolute atomic E-state index is 0.109. The normalized spacial score (nSPS) is 11.4. The third-order valence-electron chi connectivity index (χ3n) is 24.6. The van der Waals surface area contributed by atoms with Crippen LogP contribution >= 0.6 is 11.3 Å². The fraction of sp³-hybridized carbons (Fsp3) is 0.170. The molecular weight excluding hydrogens is 1850 g/mol. The number of thiophene rings is 1. The Hall–Kier alpha value is -18.3. The van der Waals surface area contributed by atoms with Crippen molar-refractivity contribution in [1.82, 2.24) is 89.2 Å². The highest BCUT2D eigenvalue weighted by atomic mass is 32.1. The van der Waals surface area contributed by atoms with Crippen LogP contribution in [0.4, 0.5) is 45.5 Å². The van der Waals surface area contributed by atoms with Crippen molar-refractivity contribution in [3.8, 4) is 85.3 Å². The zero-order valence-corrected chi connectivity index (χ0v) is 83.2. The standard InChI is InChI=1S/C31H27N7O4.2C28H27N5O2.C25H23N5O2S/c1-32-29(39)19-12-22(14-23(13-19)42-3)37(10-11-38-30(40)24-6-4-5-7-25(24)31(38)41)21-8-9-26-27(15-21)35-28(17-33-26)20-16-34-36(2)18-20;1-19-5-7-20(8-6-19)17-33(23-11-24(34-3)14-25(12-23)35-4)22-9-10-26-27(13-22)31-28(16-29-26)21-15-30-32(2)18-21;1-19-7-5-6-8-20(19)18-33(23-11-24(34-3)14-25(12-23)35-4)22-9-10-26-27(13-22)31-28(16-29-26)21-15-30-32(2)17-21;1-29-15-17(13-27-29)25-14-26-23-7-6-18(11-24(23)28-25)30(16-22-5-4-8-33-22)19-9-20(31-2)12-21(10-19)32-3/h4-9,12-18H,10-11H2,1-3H3,(H,32,39);5-16,18H,17H2,1-4H3;5-17H,18H2,1-4H3;4-15H,16H2,1-3H3. The van der Waals surface area contributed by atoms with E-state index in [1.165, 1.54) is 39.1 Å². The van der Waals surface area contributed by atoms with Crippen molar-refractivity contribution >= 4 is 119 Å². The maximum Gasteiger partial charge on any atom is 0.261 e. The van der Waals surface area contributed by atoms with Crippen molar-refractivity contribution in [3.05, 3.63) is 354 Å². The van der Waals surface area contributed by atoms with Crippen LogP contribution in [0.25, 0.3) is 89.2 Å². The van der Waals surface area contributed by atoms with E-state index in [-0.39, 0.29) is 30.8 Å². The molecule has 32 nitrogen and oxygen atoms in total. The Morgan fingerprint density at radius 2 is 0.690 bits per heavy atom. The molecule has 0 fully saturated rings. The Labute approximate surface area is 841 Å². The Morgan fingerprint density at radius 1 is 0.345 bits per heavy atom. The average Bonchev–Trinajstić information content (AvgIpc) is 1.25. The van der Waals surface area contributed by atoms with E-state index in [9.17, 15) is 14.4 Å². The summed E-state index contributed by atoms with van der Waals surface area (Å²) in [5, 5.41) is 21.7. The van der Waals surface area contributed by atoms with Crippen LogP contribution in [0.2, 0.25) is 0 Å². The largest absolute Gasteiger partial charge is 0.497 e. The molecule has 145 heavy (non-hydrogen) atoms. The van der Waals surface area contributed by atoms with Crippen LogP contribution in [0.5, 0.6) is 40.2 Å². The summed E-state index contributed by atoms with van der Waals surface area (Å²) in [7, 11) is 20.6. The van der Waals surface area contributed by atoms with Crippen molar-refractivity contribution < 1.29 is 47.5 Å². The summed E-state index contributed by atoms with van der Waals surface area (Å²) in [5.74, 6) is 3.93. The van der Waals surface area contributed by atoms with Crippen LogP contribution in [0.3, 0.4) is 0 Å². The molecule has 0 unspecified atom stereocenters. The van der Waals surface area contributed by atoms with Crippen molar-refractivity contribution in [2.45, 2.75) is 33.5 Å². The molecule has 10 heterocycles. The molecule has 0 saturated carbocycles. The van der Waals surface area contributed by atoms with Gasteiger partial charge in [0.15, 0.2) is 0 Å². The molecule has 0 saturated heterocycles. The molecule has 11 aromatic carbocycles. The SMILES string of the molecule is CNC(=O)c1cc(OC)cc(N(CCN2C(=O)c3ccccc3C2=O)c2ccc3ncc(-c4cnn(C)c4)nc3c2)c1.COc1cc(OC)cc(N(Cc2ccc(C)cc2)c2ccc3ncc(-c4cnn(C)c4)nc3c2)c1.COc1cc(OC)cc(N(Cc2ccccc2C)c2ccc3ncc(-c4cnn(C)c4)nc3c2)c1.COc1cc(OC)cc(N(Cc2cccs2)c2ccc3ncc(-c4cnn(C)c4)nc3c2)c1. The van der Waals surface area contributed by atoms with Crippen LogP contribution in [-0.4, -0.2) is 172 Å². The number of carbonyl (C=O) groups is 3. The lowest BCUT2D eigenvalue weighted by molar-refractivity contribution is 0.0658. The lowest BCUT2D eigenvalue weighted by Crippen LogP contribution is -2.37. The number of hydrogen-bond acceptors (Lipinski definition) is 27. The van der Waals surface area contributed by atoms with Gasteiger partial charge >= 0.3 is 0 Å². The first-order valence-electron chi connectivity index (χ1n) is 46.4. The van der Waals surface area contributed by atoms with E-state index in [1.807, 2.05) is 149 Å². The second kappa shape index (κ2) is 43.6. The van der Waals surface area contributed by atoms with E-state index in [4.69, 9.17) is 53.1 Å². The molecule has 1 aliphatic rings. The smallest absolute Gasteiger partial charge is 0.261 e. The maximum atomic E-state index is 13.1. The van der Waals surface area contributed by atoms with Crippen LogP contribution < -0.4 is 58.1 Å². The molecule has 1 N–H and O–H groups in total. The van der Waals surface area contributed by atoms with E-state index in [2.05, 4.69) is 177 Å². The number of methoxy groups -OCH3 is 7. The number of imide groups is 1. The number of anilines is 8. The molecule has 0 radical (unpaired) electrons. The molecule has 9 aromatic heterocycles. The molecule has 3 amide bonds. The van der Waals surface area contributed by atoms with Crippen LogP contribution in [0, 0.1) is 13.8 Å². The summed E-state index contributed by atoms with van der Waals surface area (Å²) in [6.45, 7) is 6.62. The molecule has 1 aliphatic heterocycles. The first-order valence-corrected chi connectivity index (χ1v) is 47.2. The summed E-state index contributed by atoms with van der Waals surface area (Å²) in [4.78, 5) is 87.9. The number of fused-ring (bicyclic) bond motifs is 5. The molecular formula is C112H104N22O10S. The molecule has 0 atom stereocenters. The fourth-order valence-corrected chi connectivity index (χ4v) is 17.5. The number of aromatic nitrogens is 16. The van der Waals surface area contributed by atoms with Gasteiger partial charge in [-0.25, -0.2) is 19.9 Å². The zero-order chi connectivity index (χ0) is 101. The predicted molar refractivity (Wildman–Crippen MR) is 565 cm³/mol. The molecule has 33 heteroatoms. The van der Waals surface area contributed by atoms with Crippen molar-refractivity contribution in [1.29, 1.82) is 0 Å². The van der Waals surface area contributed by atoms with Crippen molar-refractivity contribution in [2.24, 2.45) is 28.2 Å². The van der Waals surface area contributed by atoms with Gasteiger partial charge in [0.2, 0.25) is 0 Å². The first-order chi connectivity index (χ1) is 70.5. The third kappa shape index (κ3) is 22.3. The Morgan fingerprint density at radius 3 is 1.03 bits per heavy atom. The van der Waals surface area contributed by atoms with E-state index >= 15 is 0 Å². The van der Waals surface area contributed by atoms with E-state index in [0.29, 0.717) is 64.5 Å². The van der Waals surface area contributed by atoms with E-state index < -0.39 is 0 Å². The summed E-state index contributed by atoms with van der Waals surface area (Å²) >= 11 is 1.72. The van der Waals surface area contributed by atoms with Crippen LogP contribution in [-0.2, 0) is 47.8 Å². The number of aryl methyl sites for hydroxylation is 6. The molecule has 0 aliphatic carbocycles. The average molecular weight is 1950 g/mol. The Bertz CT molecular complexity index is 8010. The van der Waals surface area contributed by atoms with Gasteiger partial charge in [0, 0.05) is 225 Å². The molecule has 728 valence electrons. The first kappa shape index (κ1) is 97.0. The van der Waals surface area contributed by atoms with Gasteiger partial charge in [-0.1, -0.05) is 72.3 Å². The number of ether oxygens (including phenoxy) is 7. The lowest BCUT2D eigenvalue weighted by atomic mass is 10.1. The maximum absolute atomic E-state index is 13.1. The Kier molecular flexibility index (Phi) is 29.2. The van der Waals surface area contributed by atoms with Gasteiger partial charge in [-0.2, -0.15) is 20.4 Å². The second-order valence-corrected chi connectivity index (χ2v) is 35.3. The van der Waals surface area contributed by atoms with Crippen molar-refractivity contribution in [3.63, 3.8) is 0 Å². The Balaban J connectivity index is 0.000000128. The number of nitrogens with one attached hydrogen (secondary N) is 1. The summed E-state index contributed by atoms with van der Waals surface area (Å²) in [6, 6.07) is 75.0. The lowest BCUT2D eigenvalue weighted by Gasteiger charge is -2.28. The number of benzene rings is 11. The zero-order valence-electron chi connectivity index (χ0n) is 82.4.